The summed E-state index contributed by atoms with van der Waals surface area (Å²) in [5.41, 5.74) is 2.30. The van der Waals surface area contributed by atoms with Crippen LogP contribution in [0.5, 0.6) is 0 Å². The third-order valence-corrected chi connectivity index (χ3v) is 2.34. The maximum absolute atomic E-state index is 11.0. The van der Waals surface area contributed by atoms with Crippen molar-refractivity contribution in [1.29, 1.82) is 0 Å². The van der Waals surface area contributed by atoms with Gasteiger partial charge in [-0.25, -0.2) is 10.8 Å². The van der Waals surface area contributed by atoms with Gasteiger partial charge in [-0.1, -0.05) is 0 Å². The van der Waals surface area contributed by atoms with E-state index in [1.54, 1.807) is 7.11 Å². The Kier molecular flexibility index (Phi) is 6.56. The molecule has 0 atom stereocenters. The summed E-state index contributed by atoms with van der Waals surface area (Å²) in [7, 11) is 1.58. The minimum Gasteiger partial charge on any atom is -0.382 e. The molecule has 1 aromatic rings. The number of hydrazine groups is 1. The van der Waals surface area contributed by atoms with E-state index in [0.29, 0.717) is 26.4 Å². The van der Waals surface area contributed by atoms with Crippen molar-refractivity contribution < 1.29 is 14.4 Å². The third kappa shape index (κ3) is 4.57. The summed E-state index contributed by atoms with van der Waals surface area (Å²) in [6.07, 6.45) is 0. The first-order chi connectivity index (χ1) is 9.60. The minimum atomic E-state index is -0.538. The van der Waals surface area contributed by atoms with Crippen LogP contribution in [0.4, 0.5) is 17.5 Å². The summed E-state index contributed by atoms with van der Waals surface area (Å²) in [5, 5.41) is 13.8. The van der Waals surface area contributed by atoms with Gasteiger partial charge in [-0.3, -0.25) is 15.5 Å². The zero-order valence-electron chi connectivity index (χ0n) is 11.4. The molecule has 20 heavy (non-hydrogen) atoms. The summed E-state index contributed by atoms with van der Waals surface area (Å²) in [6.45, 7) is 3.20. The molecule has 1 rings (SSSR count). The Morgan fingerprint density at radius 2 is 2.10 bits per heavy atom. The van der Waals surface area contributed by atoms with E-state index in [9.17, 15) is 10.1 Å². The zero-order chi connectivity index (χ0) is 15.0. The quantitative estimate of drug-likeness (QED) is 0.249. The molecule has 112 valence electrons. The monoisotopic (exact) mass is 286 g/mol. The van der Waals surface area contributed by atoms with Crippen LogP contribution in [0, 0.1) is 17.0 Å². The fourth-order valence-corrected chi connectivity index (χ4v) is 1.46. The van der Waals surface area contributed by atoms with Gasteiger partial charge in [0.2, 0.25) is 11.8 Å². The molecule has 0 unspecified atom stereocenters. The molecule has 1 aromatic heterocycles. The number of aromatic nitrogens is 2. The van der Waals surface area contributed by atoms with E-state index in [-0.39, 0.29) is 23.1 Å². The van der Waals surface area contributed by atoms with Crippen LogP contribution in [-0.2, 0) is 9.47 Å². The Balaban J connectivity index is 2.67. The van der Waals surface area contributed by atoms with Crippen molar-refractivity contribution in [3.8, 4) is 0 Å². The van der Waals surface area contributed by atoms with E-state index in [4.69, 9.17) is 15.3 Å². The van der Waals surface area contributed by atoms with E-state index in [1.165, 1.54) is 6.92 Å². The van der Waals surface area contributed by atoms with Crippen LogP contribution >= 0.6 is 0 Å². The van der Waals surface area contributed by atoms with Crippen molar-refractivity contribution in [2.24, 2.45) is 5.84 Å². The van der Waals surface area contributed by atoms with Gasteiger partial charge in [0.15, 0.2) is 0 Å². The van der Waals surface area contributed by atoms with Crippen LogP contribution in [0.1, 0.15) is 5.69 Å². The molecule has 0 radical (unpaired) electrons. The highest BCUT2D eigenvalue weighted by Crippen LogP contribution is 2.25. The molecule has 0 spiro atoms. The van der Waals surface area contributed by atoms with Gasteiger partial charge in [-0.2, -0.15) is 4.98 Å². The van der Waals surface area contributed by atoms with Gasteiger partial charge in [0.1, 0.15) is 5.69 Å². The summed E-state index contributed by atoms with van der Waals surface area (Å²) in [5.74, 6) is 5.42. The Morgan fingerprint density at radius 1 is 1.35 bits per heavy atom. The minimum absolute atomic E-state index is 0.103. The molecule has 0 aliphatic heterocycles. The molecule has 4 N–H and O–H groups in total. The van der Waals surface area contributed by atoms with E-state index in [2.05, 4.69) is 20.7 Å². The van der Waals surface area contributed by atoms with E-state index in [1.807, 2.05) is 0 Å². The number of methoxy groups -OCH3 is 1. The highest BCUT2D eigenvalue weighted by Gasteiger charge is 2.21. The molecule has 10 nitrogen and oxygen atoms in total. The fourth-order valence-electron chi connectivity index (χ4n) is 1.46. The lowest BCUT2D eigenvalue weighted by Crippen LogP contribution is -2.17. The first-order valence-corrected chi connectivity index (χ1v) is 5.90. The van der Waals surface area contributed by atoms with Crippen LogP contribution < -0.4 is 16.6 Å². The average molecular weight is 286 g/mol. The summed E-state index contributed by atoms with van der Waals surface area (Å²) >= 11 is 0. The number of ether oxygens (including phenoxy) is 2. The lowest BCUT2D eigenvalue weighted by atomic mass is 10.3. The fraction of sp³-hybridized carbons (Fsp3) is 0.600. The van der Waals surface area contributed by atoms with Crippen molar-refractivity contribution in [1.82, 2.24) is 9.97 Å². The number of hydrogen-bond donors (Lipinski definition) is 3. The molecule has 0 aromatic carbocycles. The number of nitrogens with zero attached hydrogens (tertiary/aromatic N) is 3. The van der Waals surface area contributed by atoms with E-state index in [0.717, 1.165) is 0 Å². The number of anilines is 2. The molecule has 1 heterocycles. The normalized spacial score (nSPS) is 10.3. The van der Waals surface area contributed by atoms with Crippen molar-refractivity contribution in [2.45, 2.75) is 6.92 Å². The Labute approximate surface area is 115 Å². The molecule has 0 aliphatic rings. The van der Waals surface area contributed by atoms with Gasteiger partial charge in [0, 0.05) is 13.7 Å². The molecule has 0 bridgehead atoms. The van der Waals surface area contributed by atoms with Crippen LogP contribution in [0.15, 0.2) is 0 Å². The van der Waals surface area contributed by atoms with Gasteiger partial charge in [-0.05, 0) is 6.92 Å². The number of nitro groups is 1. The molecule has 0 saturated heterocycles. The van der Waals surface area contributed by atoms with Crippen molar-refractivity contribution in [2.75, 3.05) is 44.2 Å². The molecule has 10 heteroatoms. The second-order valence-corrected chi connectivity index (χ2v) is 3.76. The number of aryl methyl sites for hydroxylation is 1. The first-order valence-electron chi connectivity index (χ1n) is 5.90. The second-order valence-electron chi connectivity index (χ2n) is 3.76. The predicted octanol–water partition coefficient (Wildman–Crippen LogP) is 0.0537. The lowest BCUT2D eigenvalue weighted by molar-refractivity contribution is -0.385. The van der Waals surface area contributed by atoms with E-state index < -0.39 is 4.92 Å². The standard InChI is InChI=1S/C10H18N6O4/c1-7-8(16(17)18)9(14-10(13-7)15-11)12-3-4-20-6-5-19-2/h3-6,11H2,1-2H3,(H2,12,13,14,15). The van der Waals surface area contributed by atoms with Crippen LogP contribution in [0.3, 0.4) is 0 Å². The predicted molar refractivity (Wildman–Crippen MR) is 72.4 cm³/mol. The molecule has 0 fully saturated rings. The van der Waals surface area contributed by atoms with Gasteiger partial charge in [0.25, 0.3) is 0 Å². The van der Waals surface area contributed by atoms with E-state index >= 15 is 0 Å². The van der Waals surface area contributed by atoms with Gasteiger partial charge >= 0.3 is 5.69 Å². The highest BCUT2D eigenvalue weighted by atomic mass is 16.6. The van der Waals surface area contributed by atoms with Crippen molar-refractivity contribution in [3.63, 3.8) is 0 Å². The Bertz CT molecular complexity index is 456. The topological polar surface area (TPSA) is 137 Å². The van der Waals surface area contributed by atoms with Crippen LogP contribution in [0.2, 0.25) is 0 Å². The molecule has 0 amide bonds. The first kappa shape index (κ1) is 16.0. The number of nitrogens with two attached hydrogens (primary N) is 1. The number of nitrogen functional groups attached to an aromatic ring is 1. The number of nitrogens with one attached hydrogen (secondary N) is 2. The summed E-state index contributed by atoms with van der Waals surface area (Å²) < 4.78 is 10.1. The van der Waals surface area contributed by atoms with Crippen molar-refractivity contribution in [3.05, 3.63) is 15.8 Å². The number of rotatable bonds is 9. The Hall–Kier alpha value is -2.04. The molecular formula is C10H18N6O4. The maximum atomic E-state index is 11.0. The van der Waals surface area contributed by atoms with Gasteiger partial charge in [-0.15, -0.1) is 0 Å². The van der Waals surface area contributed by atoms with Gasteiger partial charge in [0.05, 0.1) is 24.7 Å². The lowest BCUT2D eigenvalue weighted by Gasteiger charge is -2.09. The SMILES string of the molecule is COCCOCCNc1nc(NN)nc(C)c1[N+](=O)[O-]. The molecule has 0 aliphatic carbocycles. The second kappa shape index (κ2) is 8.19. The molecule has 0 saturated carbocycles. The number of hydrogen-bond acceptors (Lipinski definition) is 9. The molecular weight excluding hydrogens is 268 g/mol. The smallest absolute Gasteiger partial charge is 0.332 e. The van der Waals surface area contributed by atoms with Crippen LogP contribution in [-0.4, -0.2) is 48.4 Å². The Morgan fingerprint density at radius 3 is 2.70 bits per heavy atom. The third-order valence-electron chi connectivity index (χ3n) is 2.34. The largest absolute Gasteiger partial charge is 0.382 e. The van der Waals surface area contributed by atoms with Crippen LogP contribution in [0.25, 0.3) is 0 Å². The maximum Gasteiger partial charge on any atom is 0.332 e. The highest BCUT2D eigenvalue weighted by molar-refractivity contribution is 5.60. The summed E-state index contributed by atoms with van der Waals surface area (Å²) in [4.78, 5) is 18.3. The summed E-state index contributed by atoms with van der Waals surface area (Å²) in [6, 6.07) is 0. The average Bonchev–Trinajstić information content (AvgIpc) is 2.41. The van der Waals surface area contributed by atoms with Crippen molar-refractivity contribution >= 4 is 17.5 Å². The van der Waals surface area contributed by atoms with Gasteiger partial charge < -0.3 is 14.8 Å². The zero-order valence-corrected chi connectivity index (χ0v) is 11.4.